The molecule has 0 spiro atoms. The summed E-state index contributed by atoms with van der Waals surface area (Å²) in [4.78, 5) is 0. The highest BCUT2D eigenvalue weighted by Gasteiger charge is 1.86. The molecule has 0 heterocycles. The monoisotopic (exact) mass is 182 g/mol. The van der Waals surface area contributed by atoms with Gasteiger partial charge in [0, 0.05) is 0 Å². The summed E-state index contributed by atoms with van der Waals surface area (Å²) >= 11 is 0. The third-order valence-electron chi connectivity index (χ3n) is 1.20. The Bertz CT molecular complexity index is 145. The van der Waals surface area contributed by atoms with E-state index in [1.54, 1.807) is 6.08 Å². The molecule has 0 aromatic carbocycles. The minimum Gasteiger partial charge on any atom is -0.494 e. The predicted octanol–water partition coefficient (Wildman–Crippen LogP) is 4.09. The summed E-state index contributed by atoms with van der Waals surface area (Å²) in [5.74, 6) is 0.707. The molecule has 0 atom stereocenters. The molecule has 0 unspecified atom stereocenters. The number of hydrogen-bond donors (Lipinski definition) is 0. The molecule has 0 fully saturated rings. The van der Waals surface area contributed by atoms with Crippen LogP contribution in [0.1, 0.15) is 33.6 Å². The van der Waals surface area contributed by atoms with Crippen molar-refractivity contribution >= 4 is 0 Å². The van der Waals surface area contributed by atoms with E-state index in [4.69, 9.17) is 4.74 Å². The number of unbranched alkanes of at least 4 members (excludes halogenated alkanes) is 1. The van der Waals surface area contributed by atoms with Crippen molar-refractivity contribution in [3.8, 4) is 0 Å². The van der Waals surface area contributed by atoms with Crippen LogP contribution < -0.4 is 0 Å². The van der Waals surface area contributed by atoms with Crippen molar-refractivity contribution in [2.24, 2.45) is 0 Å². The lowest BCUT2D eigenvalue weighted by Crippen LogP contribution is -1.90. The van der Waals surface area contributed by atoms with Crippen LogP contribution in [0, 0.1) is 0 Å². The second-order valence-corrected chi connectivity index (χ2v) is 2.26. The van der Waals surface area contributed by atoms with Crippen molar-refractivity contribution in [2.75, 3.05) is 6.61 Å². The molecule has 1 heteroatoms. The van der Waals surface area contributed by atoms with Crippen LogP contribution in [0.4, 0.5) is 0 Å². The first-order chi connectivity index (χ1) is 6.31. The van der Waals surface area contributed by atoms with E-state index in [2.05, 4.69) is 20.1 Å². The SMILES string of the molecule is C=C/C=C\C(=C)OCCCC.CC. The van der Waals surface area contributed by atoms with Crippen molar-refractivity contribution in [1.82, 2.24) is 0 Å². The third kappa shape index (κ3) is 13.9. The highest BCUT2D eigenvalue weighted by Crippen LogP contribution is 1.98. The first-order valence-corrected chi connectivity index (χ1v) is 4.92. The van der Waals surface area contributed by atoms with Gasteiger partial charge in [-0.25, -0.2) is 0 Å². The summed E-state index contributed by atoms with van der Waals surface area (Å²) in [6.07, 6.45) is 7.56. The maximum atomic E-state index is 5.26. The van der Waals surface area contributed by atoms with Crippen LogP contribution in [-0.4, -0.2) is 6.61 Å². The molecule has 0 aliphatic heterocycles. The number of hydrogen-bond acceptors (Lipinski definition) is 1. The molecule has 0 rings (SSSR count). The van der Waals surface area contributed by atoms with Crippen LogP contribution >= 0.6 is 0 Å². The Kier molecular flexibility index (Phi) is 15.2. The third-order valence-corrected chi connectivity index (χ3v) is 1.20. The van der Waals surface area contributed by atoms with Gasteiger partial charge in [0.25, 0.3) is 0 Å². The van der Waals surface area contributed by atoms with Gasteiger partial charge in [-0.05, 0) is 12.5 Å². The highest BCUT2D eigenvalue weighted by molar-refractivity contribution is 5.12. The normalized spacial score (nSPS) is 8.85. The Hall–Kier alpha value is -0.980. The number of allylic oxidation sites excluding steroid dienone is 3. The van der Waals surface area contributed by atoms with E-state index in [9.17, 15) is 0 Å². The van der Waals surface area contributed by atoms with Crippen molar-refractivity contribution in [1.29, 1.82) is 0 Å². The van der Waals surface area contributed by atoms with Gasteiger partial charge in [0.2, 0.25) is 0 Å². The van der Waals surface area contributed by atoms with Crippen molar-refractivity contribution in [3.63, 3.8) is 0 Å². The van der Waals surface area contributed by atoms with Crippen molar-refractivity contribution in [2.45, 2.75) is 33.6 Å². The fourth-order valence-corrected chi connectivity index (χ4v) is 0.571. The minimum absolute atomic E-state index is 0.707. The van der Waals surface area contributed by atoms with Crippen molar-refractivity contribution < 1.29 is 4.74 Å². The molecule has 0 aliphatic carbocycles. The molecule has 0 aromatic rings. The van der Waals surface area contributed by atoms with Crippen LogP contribution in [-0.2, 0) is 4.74 Å². The Labute approximate surface area is 82.8 Å². The zero-order valence-electron chi connectivity index (χ0n) is 9.18. The van der Waals surface area contributed by atoms with Gasteiger partial charge >= 0.3 is 0 Å². The first-order valence-electron chi connectivity index (χ1n) is 4.92. The summed E-state index contributed by atoms with van der Waals surface area (Å²) < 4.78 is 5.26. The molecule has 0 bridgehead atoms. The van der Waals surface area contributed by atoms with E-state index >= 15 is 0 Å². The van der Waals surface area contributed by atoms with Gasteiger partial charge in [-0.2, -0.15) is 0 Å². The maximum Gasteiger partial charge on any atom is 0.112 e. The quantitative estimate of drug-likeness (QED) is 0.341. The van der Waals surface area contributed by atoms with E-state index in [1.165, 1.54) is 0 Å². The molecule has 1 nitrogen and oxygen atoms in total. The summed E-state index contributed by atoms with van der Waals surface area (Å²) in [6.45, 7) is 14.1. The zero-order valence-corrected chi connectivity index (χ0v) is 9.18. The summed E-state index contributed by atoms with van der Waals surface area (Å²) in [5.41, 5.74) is 0. The molecule has 0 aromatic heterocycles. The van der Waals surface area contributed by atoms with E-state index in [0.29, 0.717) is 5.76 Å². The second-order valence-electron chi connectivity index (χ2n) is 2.26. The van der Waals surface area contributed by atoms with Gasteiger partial charge in [-0.1, -0.05) is 52.5 Å². The van der Waals surface area contributed by atoms with Gasteiger partial charge < -0.3 is 4.74 Å². The Balaban J connectivity index is 0. The van der Waals surface area contributed by atoms with Crippen molar-refractivity contribution in [3.05, 3.63) is 37.1 Å². The zero-order chi connectivity index (χ0) is 10.5. The fourth-order valence-electron chi connectivity index (χ4n) is 0.571. The molecule has 0 saturated carbocycles. The molecule has 76 valence electrons. The lowest BCUT2D eigenvalue weighted by molar-refractivity contribution is 0.221. The Morgan fingerprint density at radius 1 is 1.38 bits per heavy atom. The van der Waals surface area contributed by atoms with Crippen LogP contribution in [0.15, 0.2) is 37.1 Å². The molecule has 0 saturated heterocycles. The lowest BCUT2D eigenvalue weighted by Gasteiger charge is -2.02. The molecule has 0 radical (unpaired) electrons. The van der Waals surface area contributed by atoms with E-state index in [0.717, 1.165) is 19.4 Å². The van der Waals surface area contributed by atoms with Crippen LogP contribution in [0.2, 0.25) is 0 Å². The van der Waals surface area contributed by atoms with E-state index in [-0.39, 0.29) is 0 Å². The molecule has 0 amide bonds. The smallest absolute Gasteiger partial charge is 0.112 e. The first kappa shape index (κ1) is 14.5. The van der Waals surface area contributed by atoms with Gasteiger partial charge in [-0.3, -0.25) is 0 Å². The van der Waals surface area contributed by atoms with Gasteiger partial charge in [0.1, 0.15) is 5.76 Å². The molecule has 0 aliphatic rings. The Morgan fingerprint density at radius 3 is 2.46 bits per heavy atom. The highest BCUT2D eigenvalue weighted by atomic mass is 16.5. The summed E-state index contributed by atoms with van der Waals surface area (Å²) in [5, 5.41) is 0. The Morgan fingerprint density at radius 2 is 2.00 bits per heavy atom. The molecular formula is C12H22O. The second kappa shape index (κ2) is 13.6. The van der Waals surface area contributed by atoms with Crippen LogP contribution in [0.25, 0.3) is 0 Å². The average molecular weight is 182 g/mol. The molecule has 13 heavy (non-hydrogen) atoms. The predicted molar refractivity (Wildman–Crippen MR) is 60.7 cm³/mol. The minimum atomic E-state index is 0.707. The van der Waals surface area contributed by atoms with Gasteiger partial charge in [-0.15, -0.1) is 0 Å². The maximum absolute atomic E-state index is 5.26. The number of rotatable bonds is 6. The lowest BCUT2D eigenvalue weighted by atomic mass is 10.3. The largest absolute Gasteiger partial charge is 0.494 e. The number of ether oxygens (including phenoxy) is 1. The van der Waals surface area contributed by atoms with Crippen LogP contribution in [0.3, 0.4) is 0 Å². The van der Waals surface area contributed by atoms with E-state index in [1.807, 2.05) is 26.0 Å². The molecular weight excluding hydrogens is 160 g/mol. The molecule has 0 N–H and O–H groups in total. The fraction of sp³-hybridized carbons (Fsp3) is 0.500. The topological polar surface area (TPSA) is 9.23 Å². The summed E-state index contributed by atoms with van der Waals surface area (Å²) in [6, 6.07) is 0. The summed E-state index contributed by atoms with van der Waals surface area (Å²) in [7, 11) is 0. The van der Waals surface area contributed by atoms with E-state index < -0.39 is 0 Å². The van der Waals surface area contributed by atoms with Gasteiger partial charge in [0.15, 0.2) is 0 Å². The van der Waals surface area contributed by atoms with Crippen LogP contribution in [0.5, 0.6) is 0 Å². The average Bonchev–Trinajstić information content (AvgIpc) is 2.18. The van der Waals surface area contributed by atoms with Gasteiger partial charge in [0.05, 0.1) is 6.61 Å². The standard InChI is InChI=1S/C10H16O.C2H6/c1-4-6-8-10(3)11-9-7-5-2;1-2/h4,6,8H,1,3,5,7,9H2,2H3;1-2H3/b8-6-;.